The van der Waals surface area contributed by atoms with E-state index in [2.05, 4.69) is 4.90 Å². The molecule has 0 radical (unpaired) electrons. The molecule has 0 bridgehead atoms. The lowest BCUT2D eigenvalue weighted by Gasteiger charge is -2.41. The van der Waals surface area contributed by atoms with E-state index in [1.165, 1.54) is 0 Å². The highest BCUT2D eigenvalue weighted by molar-refractivity contribution is 5.99. The number of amides is 2. The van der Waals surface area contributed by atoms with Crippen LogP contribution in [0.2, 0.25) is 0 Å². The van der Waals surface area contributed by atoms with E-state index in [0.717, 1.165) is 13.1 Å². The first-order chi connectivity index (χ1) is 18.2. The number of cyclic esters (lactones) is 1. The topological polar surface area (TPSA) is 109 Å². The summed E-state index contributed by atoms with van der Waals surface area (Å²) in [4.78, 5) is 47.6. The summed E-state index contributed by atoms with van der Waals surface area (Å²) in [5.74, 6) is -2.65. The van der Waals surface area contributed by atoms with Crippen molar-refractivity contribution in [2.45, 2.75) is 56.9 Å². The quantitative estimate of drug-likeness (QED) is 0.376. The molecule has 38 heavy (non-hydrogen) atoms. The number of hydrogen-bond donors (Lipinski definition) is 1. The Kier molecular flexibility index (Phi) is 7.70. The second kappa shape index (κ2) is 10.7. The molecule has 1 N–H and O–H groups in total. The lowest BCUT2D eigenvalue weighted by molar-refractivity contribution is -0.162. The molecule has 0 aromatic rings. The Balaban J connectivity index is 1.54. The van der Waals surface area contributed by atoms with Crippen molar-refractivity contribution in [3.63, 3.8) is 0 Å². The maximum absolute atomic E-state index is 14.4. The van der Waals surface area contributed by atoms with Crippen molar-refractivity contribution in [1.29, 1.82) is 0 Å². The summed E-state index contributed by atoms with van der Waals surface area (Å²) in [6.45, 7) is 10.4. The number of likely N-dealkylation sites (tertiary alicyclic amines) is 1. The van der Waals surface area contributed by atoms with Crippen molar-refractivity contribution < 1.29 is 33.7 Å². The van der Waals surface area contributed by atoms with Gasteiger partial charge in [0.25, 0.3) is 0 Å². The fourth-order valence-corrected chi connectivity index (χ4v) is 6.98. The van der Waals surface area contributed by atoms with Gasteiger partial charge in [-0.25, -0.2) is 0 Å². The van der Waals surface area contributed by atoms with Crippen LogP contribution in [0.3, 0.4) is 0 Å². The zero-order valence-corrected chi connectivity index (χ0v) is 22.7. The molecule has 5 aliphatic heterocycles. The van der Waals surface area contributed by atoms with Crippen LogP contribution in [0.25, 0.3) is 0 Å². The number of hydrogen-bond acceptors (Lipinski definition) is 8. The van der Waals surface area contributed by atoms with Crippen LogP contribution in [0.4, 0.5) is 0 Å². The maximum atomic E-state index is 14.4. The van der Waals surface area contributed by atoms with E-state index in [4.69, 9.17) is 14.2 Å². The average Bonchev–Trinajstić information content (AvgIpc) is 3.21. The molecule has 0 aromatic heterocycles. The number of nitrogens with zero attached hydrogens (tertiary/aromatic N) is 3. The summed E-state index contributed by atoms with van der Waals surface area (Å²) < 4.78 is 17.8. The molecule has 0 aromatic carbocycles. The Morgan fingerprint density at radius 3 is 2.50 bits per heavy atom. The number of aliphatic hydroxyl groups is 1. The van der Waals surface area contributed by atoms with Gasteiger partial charge in [0.05, 0.1) is 44.0 Å². The van der Waals surface area contributed by atoms with Gasteiger partial charge in [-0.3, -0.25) is 19.3 Å². The normalized spacial score (nSPS) is 36.4. The fourth-order valence-electron chi connectivity index (χ4n) is 6.98. The first kappa shape index (κ1) is 27.3. The Hall–Kier alpha value is -2.27. The van der Waals surface area contributed by atoms with Gasteiger partial charge in [-0.2, -0.15) is 0 Å². The molecule has 0 saturated carbocycles. The molecule has 3 saturated heterocycles. The molecule has 6 atom stereocenters. The number of fused-ring (bicyclic) bond motifs is 2. The van der Waals surface area contributed by atoms with Gasteiger partial charge in [0.2, 0.25) is 11.8 Å². The van der Waals surface area contributed by atoms with E-state index >= 15 is 0 Å². The van der Waals surface area contributed by atoms with Crippen LogP contribution in [-0.4, -0.2) is 120 Å². The smallest absolute Gasteiger partial charge is 0.313 e. The van der Waals surface area contributed by atoms with Gasteiger partial charge in [-0.05, 0) is 25.7 Å². The minimum atomic E-state index is -1.33. The van der Waals surface area contributed by atoms with Crippen LogP contribution in [0.1, 0.15) is 33.6 Å². The monoisotopic (exact) mass is 531 g/mol. The number of carbonyl (C=O) groups is 3. The molecule has 1 spiro atoms. The molecular weight excluding hydrogens is 490 g/mol. The number of rotatable bonds is 7. The van der Waals surface area contributed by atoms with Gasteiger partial charge in [-0.15, -0.1) is 0 Å². The zero-order chi connectivity index (χ0) is 27.1. The second-order valence-electron chi connectivity index (χ2n) is 11.7. The molecule has 0 aliphatic carbocycles. The summed E-state index contributed by atoms with van der Waals surface area (Å²) >= 11 is 0. The number of ether oxygens (including phenoxy) is 3. The fraction of sp³-hybridized carbons (Fsp3) is 0.750. The third-order valence-corrected chi connectivity index (χ3v) is 8.68. The predicted octanol–water partition coefficient (Wildman–Crippen LogP) is 0.598. The van der Waals surface area contributed by atoms with Crippen LogP contribution in [-0.2, 0) is 28.6 Å². The highest BCUT2D eigenvalue weighted by Gasteiger charge is 2.75. The van der Waals surface area contributed by atoms with E-state index in [1.807, 2.05) is 38.2 Å². The van der Waals surface area contributed by atoms with Crippen molar-refractivity contribution in [3.05, 3.63) is 24.3 Å². The van der Waals surface area contributed by atoms with Crippen LogP contribution in [0.5, 0.6) is 0 Å². The van der Waals surface area contributed by atoms with Crippen LogP contribution < -0.4 is 0 Å². The van der Waals surface area contributed by atoms with Crippen molar-refractivity contribution in [2.75, 3.05) is 59.2 Å². The molecular formula is C28H41N3O7. The maximum Gasteiger partial charge on any atom is 0.313 e. The number of carbonyl (C=O) groups excluding carboxylic acids is 3. The Morgan fingerprint density at radius 2 is 1.79 bits per heavy atom. The second-order valence-corrected chi connectivity index (χ2v) is 11.7. The van der Waals surface area contributed by atoms with E-state index in [1.54, 1.807) is 16.7 Å². The lowest BCUT2D eigenvalue weighted by atomic mass is 9.74. The molecule has 210 valence electrons. The standard InChI is InChI=1S/C28H41N3O7/c1-19(2)17-20(18-32)31-23-25(34)30(11-10-29-12-15-36-16-13-29)9-6-8-28(23)21(24(31)33)22-26(35)37-14-5-4-7-27(22,3)38-28/h4,6-8,19-23,32H,5,9-18H2,1-3H3/t20-,21+,22+,23?,27-,28+/m1/s1. The molecule has 10 nitrogen and oxygen atoms in total. The van der Waals surface area contributed by atoms with Gasteiger partial charge < -0.3 is 29.1 Å². The van der Waals surface area contributed by atoms with Crippen molar-refractivity contribution in [2.24, 2.45) is 17.8 Å². The number of esters is 1. The van der Waals surface area contributed by atoms with Crippen LogP contribution in [0.15, 0.2) is 24.3 Å². The van der Waals surface area contributed by atoms with Gasteiger partial charge in [0.1, 0.15) is 17.6 Å². The van der Waals surface area contributed by atoms with Crippen molar-refractivity contribution in [3.8, 4) is 0 Å². The minimum Gasteiger partial charge on any atom is -0.465 e. The van der Waals surface area contributed by atoms with E-state index in [-0.39, 0.29) is 30.9 Å². The van der Waals surface area contributed by atoms with Gasteiger partial charge >= 0.3 is 5.97 Å². The van der Waals surface area contributed by atoms with E-state index in [9.17, 15) is 19.5 Å². The SMILES string of the molecule is CC(C)C[C@H](CO)N1C(=O)[C@@H]2[C@H]3C(=O)OCCC=C[C@@]3(C)O[C@@]23C=CCN(CCN2CCOCC2)C(=O)C13. The summed E-state index contributed by atoms with van der Waals surface area (Å²) in [7, 11) is 0. The molecule has 5 heterocycles. The van der Waals surface area contributed by atoms with E-state index < -0.39 is 41.1 Å². The first-order valence-electron chi connectivity index (χ1n) is 14.0. The summed E-state index contributed by atoms with van der Waals surface area (Å²) in [6.07, 6.45) is 8.60. The zero-order valence-electron chi connectivity index (χ0n) is 22.7. The summed E-state index contributed by atoms with van der Waals surface area (Å²) in [6, 6.07) is -1.55. The summed E-state index contributed by atoms with van der Waals surface area (Å²) in [5.41, 5.74) is -2.43. The Labute approximate surface area is 224 Å². The summed E-state index contributed by atoms with van der Waals surface area (Å²) in [5, 5.41) is 10.4. The van der Waals surface area contributed by atoms with E-state index in [0.29, 0.717) is 45.7 Å². The van der Waals surface area contributed by atoms with Crippen LogP contribution in [0, 0.1) is 17.8 Å². The third kappa shape index (κ3) is 4.59. The van der Waals surface area contributed by atoms with Crippen molar-refractivity contribution in [1.82, 2.24) is 14.7 Å². The lowest BCUT2D eigenvalue weighted by Crippen LogP contribution is -2.59. The largest absolute Gasteiger partial charge is 0.465 e. The highest BCUT2D eigenvalue weighted by Crippen LogP contribution is 2.57. The van der Waals surface area contributed by atoms with Crippen molar-refractivity contribution >= 4 is 17.8 Å². The first-order valence-corrected chi connectivity index (χ1v) is 14.0. The number of morpholine rings is 1. The molecule has 10 heteroatoms. The Bertz CT molecular complexity index is 993. The van der Waals surface area contributed by atoms with Crippen LogP contribution >= 0.6 is 0 Å². The molecule has 5 aliphatic rings. The molecule has 5 rings (SSSR count). The highest BCUT2D eigenvalue weighted by atomic mass is 16.6. The molecule has 2 amide bonds. The van der Waals surface area contributed by atoms with Gasteiger partial charge in [0.15, 0.2) is 0 Å². The molecule has 3 fully saturated rings. The molecule has 1 unspecified atom stereocenters. The number of aliphatic hydroxyl groups excluding tert-OH is 1. The minimum absolute atomic E-state index is 0.186. The van der Waals surface area contributed by atoms with Gasteiger partial charge in [0, 0.05) is 32.7 Å². The van der Waals surface area contributed by atoms with Gasteiger partial charge in [-0.1, -0.05) is 38.2 Å². The Morgan fingerprint density at radius 1 is 1.03 bits per heavy atom. The predicted molar refractivity (Wildman–Crippen MR) is 138 cm³/mol. The average molecular weight is 532 g/mol. The third-order valence-electron chi connectivity index (χ3n) is 8.68.